The van der Waals surface area contributed by atoms with Gasteiger partial charge in [0.05, 0.1) is 12.8 Å². The fourth-order valence-electron chi connectivity index (χ4n) is 0.879. The van der Waals surface area contributed by atoms with Gasteiger partial charge in [-0.05, 0) is 19.1 Å². The van der Waals surface area contributed by atoms with Crippen LogP contribution in [0.5, 0.6) is 5.88 Å². The van der Waals surface area contributed by atoms with E-state index in [-0.39, 0.29) is 0 Å². The number of pyridine rings is 1. The second kappa shape index (κ2) is 3.23. The first kappa shape index (κ1) is 7.85. The monoisotopic (exact) mass is 152 g/mol. The van der Waals surface area contributed by atoms with Crippen LogP contribution < -0.4 is 10.1 Å². The lowest BCUT2D eigenvalue weighted by Crippen LogP contribution is -1.96. The summed E-state index contributed by atoms with van der Waals surface area (Å²) in [4.78, 5) is 4.18. The Hall–Kier alpha value is -1.25. The summed E-state index contributed by atoms with van der Waals surface area (Å²) in [7, 11) is 3.46. The number of aromatic nitrogens is 1. The quantitative estimate of drug-likeness (QED) is 0.696. The molecule has 60 valence electrons. The lowest BCUT2D eigenvalue weighted by Gasteiger charge is -2.06. The van der Waals surface area contributed by atoms with Gasteiger partial charge >= 0.3 is 0 Å². The van der Waals surface area contributed by atoms with Crippen molar-refractivity contribution in [3.8, 4) is 5.88 Å². The van der Waals surface area contributed by atoms with Crippen molar-refractivity contribution in [2.24, 2.45) is 0 Å². The van der Waals surface area contributed by atoms with E-state index in [1.54, 1.807) is 7.11 Å². The third-order valence-corrected chi connectivity index (χ3v) is 1.46. The van der Waals surface area contributed by atoms with Crippen molar-refractivity contribution in [2.45, 2.75) is 6.92 Å². The molecule has 0 fully saturated rings. The van der Waals surface area contributed by atoms with Crippen LogP contribution in [0.4, 0.5) is 5.69 Å². The Bertz CT molecular complexity index is 248. The topological polar surface area (TPSA) is 34.2 Å². The van der Waals surface area contributed by atoms with Gasteiger partial charge in [0.1, 0.15) is 0 Å². The fourth-order valence-corrected chi connectivity index (χ4v) is 0.879. The Morgan fingerprint density at radius 1 is 1.45 bits per heavy atom. The van der Waals surface area contributed by atoms with E-state index in [2.05, 4.69) is 10.3 Å². The zero-order chi connectivity index (χ0) is 8.27. The summed E-state index contributed by atoms with van der Waals surface area (Å²) in [5, 5.41) is 2.99. The molecule has 0 saturated carbocycles. The Morgan fingerprint density at radius 3 is 2.73 bits per heavy atom. The summed E-state index contributed by atoms with van der Waals surface area (Å²) < 4.78 is 5.04. The van der Waals surface area contributed by atoms with Crippen molar-refractivity contribution in [1.29, 1.82) is 0 Å². The van der Waals surface area contributed by atoms with Crippen LogP contribution in [0, 0.1) is 6.92 Å². The lowest BCUT2D eigenvalue weighted by molar-refractivity contribution is 0.399. The Balaban J connectivity index is 3.06. The molecule has 3 heteroatoms. The van der Waals surface area contributed by atoms with Gasteiger partial charge in [-0.3, -0.25) is 0 Å². The SMILES string of the molecule is CNc1ccc(C)nc1OC. The first-order chi connectivity index (χ1) is 5.27. The van der Waals surface area contributed by atoms with Crippen molar-refractivity contribution < 1.29 is 4.74 Å². The van der Waals surface area contributed by atoms with Crippen molar-refractivity contribution in [2.75, 3.05) is 19.5 Å². The summed E-state index contributed by atoms with van der Waals surface area (Å²) in [6.07, 6.45) is 0. The molecule has 1 heterocycles. The molecule has 0 amide bonds. The highest BCUT2D eigenvalue weighted by molar-refractivity contribution is 5.52. The van der Waals surface area contributed by atoms with Crippen LogP contribution in [0.15, 0.2) is 12.1 Å². The van der Waals surface area contributed by atoms with Crippen LogP contribution in [-0.4, -0.2) is 19.1 Å². The van der Waals surface area contributed by atoms with Gasteiger partial charge in [-0.15, -0.1) is 0 Å². The van der Waals surface area contributed by atoms with Gasteiger partial charge in [0.25, 0.3) is 0 Å². The maximum atomic E-state index is 5.04. The minimum atomic E-state index is 0.646. The molecular weight excluding hydrogens is 140 g/mol. The predicted molar refractivity (Wildman–Crippen MR) is 45.1 cm³/mol. The predicted octanol–water partition coefficient (Wildman–Crippen LogP) is 1.44. The van der Waals surface area contributed by atoms with E-state index < -0.39 is 0 Å². The van der Waals surface area contributed by atoms with Gasteiger partial charge in [0, 0.05) is 12.7 Å². The number of aryl methyl sites for hydroxylation is 1. The average Bonchev–Trinajstić information content (AvgIpc) is 2.04. The summed E-state index contributed by atoms with van der Waals surface area (Å²) in [5.74, 6) is 0.646. The zero-order valence-corrected chi connectivity index (χ0v) is 7.01. The number of hydrogen-bond acceptors (Lipinski definition) is 3. The number of nitrogens with zero attached hydrogens (tertiary/aromatic N) is 1. The van der Waals surface area contributed by atoms with E-state index in [9.17, 15) is 0 Å². The minimum absolute atomic E-state index is 0.646. The van der Waals surface area contributed by atoms with E-state index in [1.807, 2.05) is 26.1 Å². The number of methoxy groups -OCH3 is 1. The summed E-state index contributed by atoms with van der Waals surface area (Å²) in [6.45, 7) is 1.93. The molecule has 1 aromatic rings. The van der Waals surface area contributed by atoms with Crippen LogP contribution in [-0.2, 0) is 0 Å². The summed E-state index contributed by atoms with van der Waals surface area (Å²) in [6, 6.07) is 3.88. The molecule has 0 aliphatic rings. The third-order valence-electron chi connectivity index (χ3n) is 1.46. The molecule has 1 aromatic heterocycles. The Kier molecular flexibility index (Phi) is 2.31. The molecule has 0 radical (unpaired) electrons. The summed E-state index contributed by atoms with van der Waals surface area (Å²) >= 11 is 0. The zero-order valence-electron chi connectivity index (χ0n) is 7.01. The van der Waals surface area contributed by atoms with Gasteiger partial charge in [-0.2, -0.15) is 0 Å². The van der Waals surface area contributed by atoms with Crippen LogP contribution in [0.2, 0.25) is 0 Å². The minimum Gasteiger partial charge on any atom is -0.480 e. The van der Waals surface area contributed by atoms with Gasteiger partial charge in [-0.25, -0.2) is 4.98 Å². The van der Waals surface area contributed by atoms with Gasteiger partial charge in [0.15, 0.2) is 0 Å². The van der Waals surface area contributed by atoms with Gasteiger partial charge < -0.3 is 10.1 Å². The molecule has 1 rings (SSSR count). The van der Waals surface area contributed by atoms with E-state index in [0.717, 1.165) is 11.4 Å². The molecule has 0 spiro atoms. The standard InChI is InChI=1S/C8H12N2O/c1-6-4-5-7(9-2)8(10-6)11-3/h4-5,9H,1-3H3. The van der Waals surface area contributed by atoms with Gasteiger partial charge in [-0.1, -0.05) is 0 Å². The smallest absolute Gasteiger partial charge is 0.237 e. The summed E-state index contributed by atoms with van der Waals surface area (Å²) in [5.41, 5.74) is 1.87. The number of rotatable bonds is 2. The average molecular weight is 152 g/mol. The molecule has 1 N–H and O–H groups in total. The van der Waals surface area contributed by atoms with Crippen LogP contribution in [0.3, 0.4) is 0 Å². The molecule has 3 nitrogen and oxygen atoms in total. The van der Waals surface area contributed by atoms with Crippen molar-refractivity contribution >= 4 is 5.69 Å². The van der Waals surface area contributed by atoms with Crippen LogP contribution in [0.25, 0.3) is 0 Å². The van der Waals surface area contributed by atoms with Crippen molar-refractivity contribution in [3.05, 3.63) is 17.8 Å². The van der Waals surface area contributed by atoms with Crippen molar-refractivity contribution in [1.82, 2.24) is 4.98 Å². The number of ether oxygens (including phenoxy) is 1. The van der Waals surface area contributed by atoms with Crippen LogP contribution in [0.1, 0.15) is 5.69 Å². The molecule has 0 saturated heterocycles. The van der Waals surface area contributed by atoms with Gasteiger partial charge in [0.2, 0.25) is 5.88 Å². The van der Waals surface area contributed by atoms with E-state index in [1.165, 1.54) is 0 Å². The molecule has 11 heavy (non-hydrogen) atoms. The molecule has 0 bridgehead atoms. The third kappa shape index (κ3) is 1.61. The Labute approximate surface area is 66.4 Å². The highest BCUT2D eigenvalue weighted by Gasteiger charge is 2.00. The fraction of sp³-hybridized carbons (Fsp3) is 0.375. The second-order valence-electron chi connectivity index (χ2n) is 2.26. The maximum absolute atomic E-state index is 5.04. The maximum Gasteiger partial charge on any atom is 0.237 e. The first-order valence-electron chi connectivity index (χ1n) is 3.47. The molecule has 0 aliphatic heterocycles. The first-order valence-corrected chi connectivity index (χ1v) is 3.47. The normalized spacial score (nSPS) is 9.36. The number of nitrogens with one attached hydrogen (secondary N) is 1. The Morgan fingerprint density at radius 2 is 2.18 bits per heavy atom. The molecular formula is C8H12N2O. The largest absolute Gasteiger partial charge is 0.480 e. The van der Waals surface area contributed by atoms with Crippen molar-refractivity contribution in [3.63, 3.8) is 0 Å². The lowest BCUT2D eigenvalue weighted by atomic mass is 10.3. The highest BCUT2D eigenvalue weighted by Crippen LogP contribution is 2.20. The number of hydrogen-bond donors (Lipinski definition) is 1. The molecule has 0 atom stereocenters. The van der Waals surface area contributed by atoms with E-state index >= 15 is 0 Å². The second-order valence-corrected chi connectivity index (χ2v) is 2.26. The highest BCUT2D eigenvalue weighted by atomic mass is 16.5. The van der Waals surface area contributed by atoms with E-state index in [0.29, 0.717) is 5.88 Å². The van der Waals surface area contributed by atoms with Crippen LogP contribution >= 0.6 is 0 Å². The molecule has 0 unspecified atom stereocenters. The molecule has 0 aromatic carbocycles. The molecule has 0 aliphatic carbocycles. The number of anilines is 1. The van der Waals surface area contributed by atoms with E-state index in [4.69, 9.17) is 4.74 Å².